The zero-order valence-corrected chi connectivity index (χ0v) is 10.1. The molecule has 0 saturated carbocycles. The first-order chi connectivity index (χ1) is 7.38. The molecule has 3 atom stereocenters. The van der Waals surface area contributed by atoms with Crippen LogP contribution in [-0.2, 0) is 4.74 Å². The molecule has 2 N–H and O–H groups in total. The quantitative estimate of drug-likeness (QED) is 0.627. The van der Waals surface area contributed by atoms with Crippen LogP contribution >= 0.6 is 0 Å². The summed E-state index contributed by atoms with van der Waals surface area (Å²) in [4.78, 5) is 13.7. The van der Waals surface area contributed by atoms with Gasteiger partial charge in [0.2, 0.25) is 0 Å². The van der Waals surface area contributed by atoms with Crippen LogP contribution in [0.5, 0.6) is 0 Å². The lowest BCUT2D eigenvalue weighted by molar-refractivity contribution is 0.00361. The lowest BCUT2D eigenvalue weighted by Crippen LogP contribution is -2.56. The molecule has 2 saturated heterocycles. The van der Waals surface area contributed by atoms with Gasteiger partial charge in [-0.15, -0.1) is 0 Å². The minimum Gasteiger partial charge on any atom is -0.444 e. The molecule has 0 aromatic rings. The summed E-state index contributed by atoms with van der Waals surface area (Å²) < 4.78 is 5.35. The largest absolute Gasteiger partial charge is 0.444 e. The Hall–Kier alpha value is -0.810. The highest BCUT2D eigenvalue weighted by atomic mass is 16.6. The van der Waals surface area contributed by atoms with Crippen LogP contribution in [0.25, 0.3) is 0 Å². The molecule has 1 amide bonds. The Morgan fingerprint density at radius 3 is 2.69 bits per heavy atom. The Labute approximate surface area is 95.8 Å². The summed E-state index contributed by atoms with van der Waals surface area (Å²) in [5.74, 6) is 0. The second-order valence-electron chi connectivity index (χ2n) is 5.57. The van der Waals surface area contributed by atoms with Crippen molar-refractivity contribution in [3.63, 3.8) is 0 Å². The molecule has 2 heterocycles. The van der Waals surface area contributed by atoms with Crippen molar-refractivity contribution in [1.82, 2.24) is 10.2 Å². The lowest BCUT2D eigenvalue weighted by Gasteiger charge is -2.36. The molecule has 2 rings (SSSR count). The van der Waals surface area contributed by atoms with E-state index in [9.17, 15) is 9.90 Å². The van der Waals surface area contributed by atoms with E-state index in [1.807, 2.05) is 20.8 Å². The lowest BCUT2D eigenvalue weighted by atomic mass is 10.2. The van der Waals surface area contributed by atoms with Crippen LogP contribution in [0.2, 0.25) is 0 Å². The van der Waals surface area contributed by atoms with Crippen LogP contribution in [0.1, 0.15) is 27.2 Å². The van der Waals surface area contributed by atoms with Crippen molar-refractivity contribution in [3.8, 4) is 0 Å². The third kappa shape index (κ3) is 2.15. The number of aliphatic hydroxyl groups excluding tert-OH is 1. The van der Waals surface area contributed by atoms with E-state index in [2.05, 4.69) is 5.32 Å². The van der Waals surface area contributed by atoms with Crippen LogP contribution in [0.4, 0.5) is 4.79 Å². The van der Waals surface area contributed by atoms with E-state index in [4.69, 9.17) is 4.74 Å². The number of carbonyl (C=O) groups is 1. The first-order valence-corrected chi connectivity index (χ1v) is 5.78. The predicted octanol–water partition coefficient (Wildman–Crippen LogP) is 0.328. The van der Waals surface area contributed by atoms with Crippen LogP contribution in [-0.4, -0.2) is 53.0 Å². The summed E-state index contributed by atoms with van der Waals surface area (Å²) in [6.45, 7) is 6.95. The Bertz CT molecular complexity index is 287. The molecule has 2 aliphatic rings. The number of amides is 1. The smallest absolute Gasteiger partial charge is 0.410 e. The van der Waals surface area contributed by atoms with Gasteiger partial charge in [-0.2, -0.15) is 0 Å². The van der Waals surface area contributed by atoms with E-state index in [-0.39, 0.29) is 18.2 Å². The fourth-order valence-corrected chi connectivity index (χ4v) is 2.42. The summed E-state index contributed by atoms with van der Waals surface area (Å²) >= 11 is 0. The molecular formula is C11H20N2O3. The number of piperazine rings is 1. The molecule has 0 radical (unpaired) electrons. The molecule has 5 heteroatoms. The van der Waals surface area contributed by atoms with Crippen molar-refractivity contribution >= 4 is 6.09 Å². The number of hydrogen-bond donors (Lipinski definition) is 2. The van der Waals surface area contributed by atoms with Gasteiger partial charge in [0.15, 0.2) is 0 Å². The van der Waals surface area contributed by atoms with E-state index in [1.165, 1.54) is 0 Å². The van der Waals surface area contributed by atoms with Crippen molar-refractivity contribution in [2.75, 3.05) is 13.1 Å². The Morgan fingerprint density at radius 1 is 1.44 bits per heavy atom. The maximum absolute atomic E-state index is 12.0. The number of nitrogens with zero attached hydrogens (tertiary/aromatic N) is 1. The molecule has 2 bridgehead atoms. The third-order valence-electron chi connectivity index (χ3n) is 3.05. The van der Waals surface area contributed by atoms with Gasteiger partial charge in [0.05, 0.1) is 18.2 Å². The van der Waals surface area contributed by atoms with Crippen LogP contribution in [0, 0.1) is 0 Å². The average molecular weight is 228 g/mol. The number of rotatable bonds is 0. The molecule has 2 fully saturated rings. The molecule has 0 aromatic carbocycles. The first-order valence-electron chi connectivity index (χ1n) is 5.78. The Kier molecular flexibility index (Phi) is 2.84. The van der Waals surface area contributed by atoms with Gasteiger partial charge in [0.25, 0.3) is 0 Å². The average Bonchev–Trinajstić information content (AvgIpc) is 2.31. The van der Waals surface area contributed by atoms with E-state index < -0.39 is 11.7 Å². The van der Waals surface area contributed by atoms with Crippen LogP contribution < -0.4 is 5.32 Å². The molecular weight excluding hydrogens is 208 g/mol. The zero-order chi connectivity index (χ0) is 11.9. The van der Waals surface area contributed by atoms with E-state index in [0.717, 1.165) is 6.54 Å². The normalized spacial score (nSPS) is 34.0. The van der Waals surface area contributed by atoms with Crippen molar-refractivity contribution in [2.45, 2.75) is 51.0 Å². The van der Waals surface area contributed by atoms with Gasteiger partial charge in [-0.25, -0.2) is 4.79 Å². The summed E-state index contributed by atoms with van der Waals surface area (Å²) in [6.07, 6.45) is -0.0789. The number of ether oxygens (including phenoxy) is 1. The number of carbonyl (C=O) groups excluding carboxylic acids is 1. The van der Waals surface area contributed by atoms with Crippen LogP contribution in [0.3, 0.4) is 0 Å². The summed E-state index contributed by atoms with van der Waals surface area (Å²) in [5.41, 5.74) is -0.480. The van der Waals surface area contributed by atoms with Crippen molar-refractivity contribution < 1.29 is 14.6 Å². The minimum absolute atomic E-state index is 0.0728. The summed E-state index contributed by atoms with van der Waals surface area (Å²) in [7, 11) is 0. The molecule has 3 unspecified atom stereocenters. The number of hydrogen-bond acceptors (Lipinski definition) is 4. The van der Waals surface area contributed by atoms with E-state index in [1.54, 1.807) is 4.90 Å². The SMILES string of the molecule is CC(C)(C)OC(=O)N1C2CNCC1C(O)C2. The molecule has 5 nitrogen and oxygen atoms in total. The molecule has 0 spiro atoms. The Morgan fingerprint density at radius 2 is 2.12 bits per heavy atom. The van der Waals surface area contributed by atoms with Gasteiger partial charge in [-0.05, 0) is 27.2 Å². The molecule has 2 aliphatic heterocycles. The second kappa shape index (κ2) is 3.89. The maximum atomic E-state index is 12.0. The van der Waals surface area contributed by atoms with Crippen LogP contribution in [0.15, 0.2) is 0 Å². The van der Waals surface area contributed by atoms with Gasteiger partial charge >= 0.3 is 6.09 Å². The fraction of sp³-hybridized carbons (Fsp3) is 0.909. The number of aliphatic hydroxyl groups is 1. The van der Waals surface area contributed by atoms with Crippen molar-refractivity contribution in [2.24, 2.45) is 0 Å². The van der Waals surface area contributed by atoms with Gasteiger partial charge in [-0.1, -0.05) is 0 Å². The molecule has 0 aliphatic carbocycles. The molecule has 0 aromatic heterocycles. The molecule has 92 valence electrons. The standard InChI is InChI=1S/C11H20N2O3/c1-11(2,3)16-10(15)13-7-4-9(14)8(13)6-12-5-7/h7-9,12,14H,4-6H2,1-3H3. The number of fused-ring (bicyclic) bond motifs is 2. The van der Waals surface area contributed by atoms with Gasteiger partial charge < -0.3 is 15.2 Å². The fourth-order valence-electron chi connectivity index (χ4n) is 2.42. The molecule has 16 heavy (non-hydrogen) atoms. The topological polar surface area (TPSA) is 61.8 Å². The zero-order valence-electron chi connectivity index (χ0n) is 10.1. The second-order valence-corrected chi connectivity index (χ2v) is 5.57. The van der Waals surface area contributed by atoms with E-state index >= 15 is 0 Å². The summed E-state index contributed by atoms with van der Waals surface area (Å²) in [6, 6.07) is -0.0581. The van der Waals surface area contributed by atoms with Gasteiger partial charge in [0.1, 0.15) is 5.60 Å². The highest BCUT2D eigenvalue weighted by Gasteiger charge is 2.46. The van der Waals surface area contributed by atoms with Gasteiger partial charge in [0, 0.05) is 13.1 Å². The Balaban J connectivity index is 2.07. The van der Waals surface area contributed by atoms with Gasteiger partial charge in [-0.3, -0.25) is 4.90 Å². The van der Waals surface area contributed by atoms with E-state index in [0.29, 0.717) is 13.0 Å². The van der Waals surface area contributed by atoms with Crippen molar-refractivity contribution in [1.29, 1.82) is 0 Å². The predicted molar refractivity (Wildman–Crippen MR) is 59.1 cm³/mol. The first kappa shape index (κ1) is 11.7. The highest BCUT2D eigenvalue weighted by Crippen LogP contribution is 2.28. The van der Waals surface area contributed by atoms with Crippen molar-refractivity contribution in [3.05, 3.63) is 0 Å². The highest BCUT2D eigenvalue weighted by molar-refractivity contribution is 5.70. The summed E-state index contributed by atoms with van der Waals surface area (Å²) in [5, 5.41) is 13.0. The monoisotopic (exact) mass is 228 g/mol. The third-order valence-corrected chi connectivity index (χ3v) is 3.05. The minimum atomic E-state index is -0.480. The number of nitrogens with one attached hydrogen (secondary N) is 1. The maximum Gasteiger partial charge on any atom is 0.410 e.